The number of hydrogen-bond donors (Lipinski definition) is 2. The van der Waals surface area contributed by atoms with E-state index in [0.29, 0.717) is 5.69 Å². The first-order valence-corrected chi connectivity index (χ1v) is 6.29. The molecule has 2 aromatic rings. The lowest BCUT2D eigenvalue weighted by Gasteiger charge is -2.20. The molecule has 0 aliphatic rings. The molecule has 21 heavy (non-hydrogen) atoms. The van der Waals surface area contributed by atoms with Crippen LogP contribution in [0, 0.1) is 0 Å². The monoisotopic (exact) mass is 290 g/mol. The summed E-state index contributed by atoms with van der Waals surface area (Å²) in [7, 11) is 0. The Labute approximate surface area is 119 Å². The number of H-pyrrole nitrogens is 2. The standard InChI is InChI=1S/C13H14N4O4/c1-2-21-12(19)11(18)17(9-6-4-3-5-7-9)8-10-14-13(20)16-15-10/h3-7H,2,8H2,1H3,(H2,14,15,16,20). The minimum absolute atomic E-state index is 0.0552. The summed E-state index contributed by atoms with van der Waals surface area (Å²) in [6.07, 6.45) is 0. The molecular weight excluding hydrogens is 276 g/mol. The van der Waals surface area contributed by atoms with Crippen molar-refractivity contribution in [2.24, 2.45) is 0 Å². The van der Waals surface area contributed by atoms with Gasteiger partial charge in [-0.3, -0.25) is 14.7 Å². The van der Waals surface area contributed by atoms with E-state index in [2.05, 4.69) is 15.2 Å². The second kappa shape index (κ2) is 6.51. The summed E-state index contributed by atoms with van der Waals surface area (Å²) in [6, 6.07) is 8.58. The Morgan fingerprint density at radius 3 is 2.57 bits per heavy atom. The highest BCUT2D eigenvalue weighted by molar-refractivity contribution is 6.38. The van der Waals surface area contributed by atoms with Gasteiger partial charge < -0.3 is 4.74 Å². The molecule has 8 heteroatoms. The maximum absolute atomic E-state index is 12.2. The minimum atomic E-state index is -0.959. The van der Waals surface area contributed by atoms with Gasteiger partial charge in [0.15, 0.2) is 5.82 Å². The second-order valence-corrected chi connectivity index (χ2v) is 4.07. The van der Waals surface area contributed by atoms with Gasteiger partial charge in [-0.2, -0.15) is 5.10 Å². The molecule has 0 saturated heterocycles. The molecule has 1 amide bonds. The van der Waals surface area contributed by atoms with Crippen molar-refractivity contribution < 1.29 is 14.3 Å². The van der Waals surface area contributed by atoms with Crippen LogP contribution in [-0.4, -0.2) is 33.7 Å². The number of amides is 1. The van der Waals surface area contributed by atoms with Crippen LogP contribution in [0.25, 0.3) is 0 Å². The second-order valence-electron chi connectivity index (χ2n) is 4.07. The van der Waals surface area contributed by atoms with Crippen molar-refractivity contribution in [3.8, 4) is 0 Å². The Morgan fingerprint density at radius 2 is 2.00 bits per heavy atom. The lowest BCUT2D eigenvalue weighted by molar-refractivity contribution is -0.153. The van der Waals surface area contributed by atoms with Crippen LogP contribution in [0.4, 0.5) is 5.69 Å². The molecule has 0 saturated carbocycles. The molecule has 0 unspecified atom stereocenters. The van der Waals surface area contributed by atoms with Crippen LogP contribution in [0.3, 0.4) is 0 Å². The molecule has 0 atom stereocenters. The number of aromatic amines is 2. The molecule has 1 aromatic carbocycles. The van der Waals surface area contributed by atoms with Gasteiger partial charge in [0, 0.05) is 5.69 Å². The summed E-state index contributed by atoms with van der Waals surface area (Å²) in [6.45, 7) is 1.66. The number of aromatic nitrogens is 3. The molecule has 2 rings (SSSR count). The molecule has 0 bridgehead atoms. The lowest BCUT2D eigenvalue weighted by Crippen LogP contribution is -2.37. The zero-order valence-electron chi connectivity index (χ0n) is 11.3. The highest BCUT2D eigenvalue weighted by atomic mass is 16.5. The van der Waals surface area contributed by atoms with Crippen molar-refractivity contribution >= 4 is 17.6 Å². The van der Waals surface area contributed by atoms with Crippen molar-refractivity contribution in [3.05, 3.63) is 46.6 Å². The van der Waals surface area contributed by atoms with E-state index in [0.717, 1.165) is 0 Å². The molecule has 110 valence electrons. The van der Waals surface area contributed by atoms with E-state index in [1.54, 1.807) is 37.3 Å². The molecule has 0 spiro atoms. The number of nitrogens with zero attached hydrogens (tertiary/aromatic N) is 2. The molecule has 2 N–H and O–H groups in total. The minimum Gasteiger partial charge on any atom is -0.459 e. The molecular formula is C13H14N4O4. The van der Waals surface area contributed by atoms with Crippen molar-refractivity contribution in [2.75, 3.05) is 11.5 Å². The maximum atomic E-state index is 12.2. The number of anilines is 1. The number of para-hydroxylation sites is 1. The number of carbonyl (C=O) groups is 2. The number of esters is 1. The number of rotatable bonds is 4. The van der Waals surface area contributed by atoms with E-state index in [9.17, 15) is 14.4 Å². The molecule has 0 aliphatic heterocycles. The molecule has 1 heterocycles. The van der Waals surface area contributed by atoms with Crippen LogP contribution >= 0.6 is 0 Å². The predicted octanol–water partition coefficient (Wildman–Crippen LogP) is 0.194. The number of hydrogen-bond acceptors (Lipinski definition) is 5. The smallest absolute Gasteiger partial charge is 0.397 e. The van der Waals surface area contributed by atoms with Gasteiger partial charge in [0.05, 0.1) is 13.2 Å². The van der Waals surface area contributed by atoms with Crippen LogP contribution in [0.1, 0.15) is 12.7 Å². The van der Waals surface area contributed by atoms with E-state index in [1.807, 2.05) is 0 Å². The summed E-state index contributed by atoms with van der Waals surface area (Å²) in [5.74, 6) is -1.55. The normalized spacial score (nSPS) is 10.1. The molecule has 0 aliphatic carbocycles. The van der Waals surface area contributed by atoms with E-state index in [4.69, 9.17) is 4.74 Å². The van der Waals surface area contributed by atoms with Gasteiger partial charge in [-0.1, -0.05) is 18.2 Å². The van der Waals surface area contributed by atoms with Gasteiger partial charge in [0.2, 0.25) is 0 Å². The Hall–Kier alpha value is -2.90. The largest absolute Gasteiger partial charge is 0.459 e. The summed E-state index contributed by atoms with van der Waals surface area (Å²) >= 11 is 0. The van der Waals surface area contributed by atoms with Gasteiger partial charge in [-0.25, -0.2) is 14.7 Å². The number of carbonyl (C=O) groups excluding carboxylic acids is 2. The first-order valence-electron chi connectivity index (χ1n) is 6.29. The van der Waals surface area contributed by atoms with E-state index in [-0.39, 0.29) is 19.0 Å². The van der Waals surface area contributed by atoms with Crippen LogP contribution < -0.4 is 10.6 Å². The van der Waals surface area contributed by atoms with Gasteiger partial charge in [0.1, 0.15) is 0 Å². The zero-order chi connectivity index (χ0) is 15.2. The predicted molar refractivity (Wildman–Crippen MR) is 73.5 cm³/mol. The Balaban J connectivity index is 2.28. The fourth-order valence-electron chi connectivity index (χ4n) is 1.72. The lowest BCUT2D eigenvalue weighted by atomic mass is 10.2. The number of nitrogens with one attached hydrogen (secondary N) is 2. The molecule has 0 radical (unpaired) electrons. The van der Waals surface area contributed by atoms with Crippen molar-refractivity contribution in [2.45, 2.75) is 13.5 Å². The summed E-state index contributed by atoms with van der Waals surface area (Å²) in [4.78, 5) is 38.5. The van der Waals surface area contributed by atoms with Crippen LogP contribution in [0.15, 0.2) is 35.1 Å². The topological polar surface area (TPSA) is 108 Å². The number of ether oxygens (including phenoxy) is 1. The third-order valence-electron chi connectivity index (χ3n) is 2.62. The average molecular weight is 290 g/mol. The highest BCUT2D eigenvalue weighted by Gasteiger charge is 2.25. The Bertz CT molecular complexity index is 677. The van der Waals surface area contributed by atoms with Crippen molar-refractivity contribution in [1.82, 2.24) is 15.2 Å². The maximum Gasteiger partial charge on any atom is 0.397 e. The van der Waals surface area contributed by atoms with Gasteiger partial charge in [-0.15, -0.1) is 0 Å². The summed E-state index contributed by atoms with van der Waals surface area (Å²) < 4.78 is 4.72. The van der Waals surface area contributed by atoms with Crippen LogP contribution in [0.2, 0.25) is 0 Å². The van der Waals surface area contributed by atoms with Crippen LogP contribution in [0.5, 0.6) is 0 Å². The molecule has 1 aromatic heterocycles. The SMILES string of the molecule is CCOC(=O)C(=O)N(Cc1n[nH]c(=O)[nH]1)c1ccccc1. The number of benzene rings is 1. The first kappa shape index (κ1) is 14.5. The van der Waals surface area contributed by atoms with Gasteiger partial charge in [0.25, 0.3) is 0 Å². The Morgan fingerprint density at radius 1 is 1.29 bits per heavy atom. The van der Waals surface area contributed by atoms with Gasteiger partial charge >= 0.3 is 17.6 Å². The molecule has 8 nitrogen and oxygen atoms in total. The fourth-order valence-corrected chi connectivity index (χ4v) is 1.72. The third-order valence-corrected chi connectivity index (χ3v) is 2.62. The van der Waals surface area contributed by atoms with Gasteiger partial charge in [-0.05, 0) is 19.1 Å². The van der Waals surface area contributed by atoms with Crippen molar-refractivity contribution in [1.29, 1.82) is 0 Å². The van der Waals surface area contributed by atoms with E-state index in [1.165, 1.54) is 4.90 Å². The van der Waals surface area contributed by atoms with Crippen molar-refractivity contribution in [3.63, 3.8) is 0 Å². The average Bonchev–Trinajstić information content (AvgIpc) is 2.90. The zero-order valence-corrected chi connectivity index (χ0v) is 11.3. The highest BCUT2D eigenvalue weighted by Crippen LogP contribution is 2.15. The summed E-state index contributed by atoms with van der Waals surface area (Å²) in [5, 5.41) is 5.93. The quantitative estimate of drug-likeness (QED) is 0.617. The van der Waals surface area contributed by atoms with E-state index >= 15 is 0 Å². The third kappa shape index (κ3) is 3.56. The van der Waals surface area contributed by atoms with Crippen LogP contribution in [-0.2, 0) is 20.9 Å². The summed E-state index contributed by atoms with van der Waals surface area (Å²) in [5.41, 5.74) is 0.0148. The van der Waals surface area contributed by atoms with E-state index < -0.39 is 17.6 Å². The fraction of sp³-hybridized carbons (Fsp3) is 0.231. The molecule has 0 fully saturated rings. The Kier molecular flexibility index (Phi) is 4.50. The first-order chi connectivity index (χ1) is 10.1.